The molecule has 1 saturated heterocycles. The van der Waals surface area contributed by atoms with E-state index < -0.39 is 0 Å². The number of nitrogens with zero attached hydrogens (tertiary/aromatic N) is 1. The molecule has 0 aromatic carbocycles. The van der Waals surface area contributed by atoms with Crippen LogP contribution in [0, 0.1) is 23.7 Å². The molecule has 1 heterocycles. The predicted molar refractivity (Wildman–Crippen MR) is 94.4 cm³/mol. The quantitative estimate of drug-likeness (QED) is 0.783. The van der Waals surface area contributed by atoms with E-state index in [-0.39, 0.29) is 11.8 Å². The zero-order valence-electron chi connectivity index (χ0n) is 15.5. The fourth-order valence-electron chi connectivity index (χ4n) is 3.92. The highest BCUT2D eigenvalue weighted by Crippen LogP contribution is 2.39. The third-order valence-electron chi connectivity index (χ3n) is 5.46. The van der Waals surface area contributed by atoms with Crippen LogP contribution >= 0.6 is 0 Å². The van der Waals surface area contributed by atoms with Gasteiger partial charge < -0.3 is 15.0 Å². The van der Waals surface area contributed by atoms with Crippen molar-refractivity contribution in [3.63, 3.8) is 0 Å². The minimum atomic E-state index is 0.0215. The first-order chi connectivity index (χ1) is 11.4. The van der Waals surface area contributed by atoms with Gasteiger partial charge in [-0.2, -0.15) is 0 Å². The van der Waals surface area contributed by atoms with E-state index in [0.717, 1.165) is 6.42 Å². The van der Waals surface area contributed by atoms with Crippen LogP contribution in [0.5, 0.6) is 0 Å². The van der Waals surface area contributed by atoms with Gasteiger partial charge in [0.15, 0.2) is 0 Å². The SMILES string of the molecule is CC(=O)NCC1C=C(C)C(CC(=O)N2CCOCC2)CC1C(C)C. The summed E-state index contributed by atoms with van der Waals surface area (Å²) < 4.78 is 5.33. The van der Waals surface area contributed by atoms with Gasteiger partial charge in [0.2, 0.25) is 11.8 Å². The summed E-state index contributed by atoms with van der Waals surface area (Å²) in [6, 6.07) is 0. The molecular weight excluding hydrogens is 304 g/mol. The zero-order chi connectivity index (χ0) is 17.7. The molecule has 5 heteroatoms. The Morgan fingerprint density at radius 2 is 2.00 bits per heavy atom. The van der Waals surface area contributed by atoms with Gasteiger partial charge in [0.25, 0.3) is 0 Å². The van der Waals surface area contributed by atoms with Crippen LogP contribution < -0.4 is 5.32 Å². The summed E-state index contributed by atoms with van der Waals surface area (Å²) in [5, 5.41) is 2.96. The number of hydrogen-bond donors (Lipinski definition) is 1. The third-order valence-corrected chi connectivity index (χ3v) is 5.46. The monoisotopic (exact) mass is 336 g/mol. The Bertz CT molecular complexity index is 481. The molecule has 24 heavy (non-hydrogen) atoms. The van der Waals surface area contributed by atoms with Crippen LogP contribution in [0.4, 0.5) is 0 Å². The Hall–Kier alpha value is -1.36. The molecule has 0 radical (unpaired) electrons. The summed E-state index contributed by atoms with van der Waals surface area (Å²) >= 11 is 0. The lowest BCUT2D eigenvalue weighted by atomic mass is 9.69. The molecular formula is C19H32N2O3. The molecule has 0 aromatic rings. The second-order valence-corrected chi connectivity index (χ2v) is 7.55. The van der Waals surface area contributed by atoms with Gasteiger partial charge in [0, 0.05) is 33.0 Å². The second kappa shape index (κ2) is 8.65. The maximum atomic E-state index is 12.6. The van der Waals surface area contributed by atoms with E-state index in [4.69, 9.17) is 4.74 Å². The average molecular weight is 336 g/mol. The van der Waals surface area contributed by atoms with Gasteiger partial charge in [-0.25, -0.2) is 0 Å². The highest BCUT2D eigenvalue weighted by molar-refractivity contribution is 5.77. The number of ether oxygens (including phenoxy) is 1. The lowest BCUT2D eigenvalue weighted by Crippen LogP contribution is -2.42. The van der Waals surface area contributed by atoms with Crippen molar-refractivity contribution in [3.8, 4) is 0 Å². The molecule has 1 N–H and O–H groups in total. The summed E-state index contributed by atoms with van der Waals surface area (Å²) in [6.45, 7) is 11.6. The molecule has 3 atom stereocenters. The first-order valence-electron chi connectivity index (χ1n) is 9.16. The Balaban J connectivity index is 2.01. The standard InChI is InChI=1S/C19H32N2O3/c1-13(2)18-10-16(11-19(23)21-5-7-24-8-6-21)14(3)9-17(18)12-20-15(4)22/h9,13,16-18H,5-8,10-12H2,1-4H3,(H,20,22). The number of amides is 2. The van der Waals surface area contributed by atoms with Gasteiger partial charge in [-0.1, -0.05) is 25.5 Å². The lowest BCUT2D eigenvalue weighted by molar-refractivity contribution is -0.136. The Kier molecular flexibility index (Phi) is 6.84. The Labute approximate surface area is 145 Å². The van der Waals surface area contributed by atoms with E-state index in [9.17, 15) is 9.59 Å². The van der Waals surface area contributed by atoms with Crippen LogP contribution in [0.2, 0.25) is 0 Å². The third kappa shape index (κ3) is 5.07. The van der Waals surface area contributed by atoms with Gasteiger partial charge in [-0.3, -0.25) is 9.59 Å². The van der Waals surface area contributed by atoms with Gasteiger partial charge in [0.1, 0.15) is 0 Å². The first-order valence-corrected chi connectivity index (χ1v) is 9.16. The molecule has 2 rings (SSSR count). The van der Waals surface area contributed by atoms with E-state index in [1.165, 1.54) is 5.57 Å². The molecule has 1 aliphatic heterocycles. The van der Waals surface area contributed by atoms with Crippen molar-refractivity contribution in [2.45, 2.75) is 40.5 Å². The van der Waals surface area contributed by atoms with Gasteiger partial charge in [0.05, 0.1) is 13.2 Å². The summed E-state index contributed by atoms with van der Waals surface area (Å²) in [6.07, 6.45) is 3.92. The van der Waals surface area contributed by atoms with E-state index in [0.29, 0.717) is 62.9 Å². The molecule has 2 aliphatic rings. The van der Waals surface area contributed by atoms with Gasteiger partial charge in [-0.15, -0.1) is 0 Å². The van der Waals surface area contributed by atoms with Gasteiger partial charge in [-0.05, 0) is 37.0 Å². The number of carbonyl (C=O) groups is 2. The summed E-state index contributed by atoms with van der Waals surface area (Å²) in [5.41, 5.74) is 1.30. The minimum absolute atomic E-state index is 0.0215. The number of hydrogen-bond acceptors (Lipinski definition) is 3. The Morgan fingerprint density at radius 3 is 2.58 bits per heavy atom. The van der Waals surface area contributed by atoms with Crippen molar-refractivity contribution in [1.82, 2.24) is 10.2 Å². The van der Waals surface area contributed by atoms with Crippen LogP contribution in [0.25, 0.3) is 0 Å². The molecule has 0 aromatic heterocycles. The fourth-order valence-corrected chi connectivity index (χ4v) is 3.92. The largest absolute Gasteiger partial charge is 0.378 e. The second-order valence-electron chi connectivity index (χ2n) is 7.55. The fraction of sp³-hybridized carbons (Fsp3) is 0.789. The molecule has 1 fully saturated rings. The predicted octanol–water partition coefficient (Wildman–Crippen LogP) is 2.23. The highest BCUT2D eigenvalue weighted by Gasteiger charge is 2.33. The van der Waals surface area contributed by atoms with Crippen LogP contribution in [0.3, 0.4) is 0 Å². The minimum Gasteiger partial charge on any atom is -0.378 e. The molecule has 0 saturated carbocycles. The van der Waals surface area contributed by atoms with Gasteiger partial charge >= 0.3 is 0 Å². The maximum Gasteiger partial charge on any atom is 0.223 e. The van der Waals surface area contributed by atoms with Crippen molar-refractivity contribution < 1.29 is 14.3 Å². The number of rotatable bonds is 5. The number of allylic oxidation sites excluding steroid dienone is 1. The van der Waals surface area contributed by atoms with Crippen molar-refractivity contribution in [1.29, 1.82) is 0 Å². The highest BCUT2D eigenvalue weighted by atomic mass is 16.5. The van der Waals surface area contributed by atoms with Crippen molar-refractivity contribution in [2.24, 2.45) is 23.7 Å². The van der Waals surface area contributed by atoms with E-state index >= 15 is 0 Å². The molecule has 0 bridgehead atoms. The van der Waals surface area contributed by atoms with E-state index in [1.807, 2.05) is 4.90 Å². The zero-order valence-corrected chi connectivity index (χ0v) is 15.5. The molecule has 1 aliphatic carbocycles. The number of morpholine rings is 1. The topological polar surface area (TPSA) is 58.6 Å². The van der Waals surface area contributed by atoms with E-state index in [2.05, 4.69) is 32.2 Å². The maximum absolute atomic E-state index is 12.6. The molecule has 3 unspecified atom stereocenters. The Morgan fingerprint density at radius 1 is 1.33 bits per heavy atom. The number of carbonyl (C=O) groups excluding carboxylic acids is 2. The lowest BCUT2D eigenvalue weighted by Gasteiger charge is -2.38. The number of nitrogens with one attached hydrogen (secondary N) is 1. The van der Waals surface area contributed by atoms with Crippen molar-refractivity contribution >= 4 is 11.8 Å². The average Bonchev–Trinajstić information content (AvgIpc) is 2.55. The van der Waals surface area contributed by atoms with E-state index in [1.54, 1.807) is 6.92 Å². The normalized spacial score (nSPS) is 27.8. The summed E-state index contributed by atoms with van der Waals surface area (Å²) in [5.74, 6) is 1.99. The first kappa shape index (κ1) is 19.0. The molecule has 0 spiro atoms. The molecule has 5 nitrogen and oxygen atoms in total. The summed E-state index contributed by atoms with van der Waals surface area (Å²) in [4.78, 5) is 25.7. The van der Waals surface area contributed by atoms with Crippen LogP contribution in [-0.4, -0.2) is 49.6 Å². The molecule has 2 amide bonds. The van der Waals surface area contributed by atoms with Crippen LogP contribution in [-0.2, 0) is 14.3 Å². The van der Waals surface area contributed by atoms with Crippen LogP contribution in [0.1, 0.15) is 40.5 Å². The smallest absolute Gasteiger partial charge is 0.223 e. The summed E-state index contributed by atoms with van der Waals surface area (Å²) in [7, 11) is 0. The van der Waals surface area contributed by atoms with Crippen molar-refractivity contribution in [3.05, 3.63) is 11.6 Å². The molecule has 136 valence electrons. The van der Waals surface area contributed by atoms with Crippen molar-refractivity contribution in [2.75, 3.05) is 32.8 Å². The van der Waals surface area contributed by atoms with Crippen LogP contribution in [0.15, 0.2) is 11.6 Å².